The van der Waals surface area contributed by atoms with Crippen molar-refractivity contribution in [3.63, 3.8) is 0 Å². The fourth-order valence-corrected chi connectivity index (χ4v) is 5.50. The van der Waals surface area contributed by atoms with E-state index in [1.165, 1.54) is 11.3 Å². The van der Waals surface area contributed by atoms with Gasteiger partial charge in [-0.1, -0.05) is 13.8 Å². The molecule has 3 rings (SSSR count). The second-order valence-electron chi connectivity index (χ2n) is 6.70. The molecule has 0 N–H and O–H groups in total. The van der Waals surface area contributed by atoms with Crippen molar-refractivity contribution >= 4 is 35.3 Å². The molecule has 0 aromatic carbocycles. The van der Waals surface area contributed by atoms with Crippen LogP contribution in [0.3, 0.4) is 0 Å². The molecule has 2 saturated heterocycles. The van der Waals surface area contributed by atoms with E-state index < -0.39 is 0 Å². The van der Waals surface area contributed by atoms with Crippen LogP contribution in [0.2, 0.25) is 0 Å². The molecule has 2 aliphatic heterocycles. The number of aromatic nitrogens is 2. The molecule has 0 bridgehead atoms. The number of nitrogens with zero attached hydrogens (tertiary/aromatic N) is 4. The van der Waals surface area contributed by atoms with Crippen LogP contribution in [0.15, 0.2) is 6.20 Å². The fourth-order valence-electron chi connectivity index (χ4n) is 3.30. The van der Waals surface area contributed by atoms with Gasteiger partial charge in [0.1, 0.15) is 5.82 Å². The van der Waals surface area contributed by atoms with Gasteiger partial charge in [-0.15, -0.1) is 0 Å². The molecule has 3 heterocycles. The molecule has 4 unspecified atom stereocenters. The van der Waals surface area contributed by atoms with Crippen molar-refractivity contribution in [2.24, 2.45) is 0 Å². The summed E-state index contributed by atoms with van der Waals surface area (Å²) in [4.78, 5) is 14.5. The van der Waals surface area contributed by atoms with Gasteiger partial charge in [-0.2, -0.15) is 28.5 Å². The van der Waals surface area contributed by atoms with Gasteiger partial charge >= 0.3 is 0 Å². The number of hydrogen-bond donors (Lipinski definition) is 0. The lowest BCUT2D eigenvalue weighted by Crippen LogP contribution is -2.47. The summed E-state index contributed by atoms with van der Waals surface area (Å²) in [6.07, 6.45) is 2.01. The normalized spacial score (nSPS) is 32.2. The van der Waals surface area contributed by atoms with Crippen LogP contribution in [0.25, 0.3) is 0 Å². The summed E-state index contributed by atoms with van der Waals surface area (Å²) < 4.78 is 0. The second-order valence-corrected chi connectivity index (χ2v) is 9.67. The van der Waals surface area contributed by atoms with Crippen molar-refractivity contribution in [2.75, 3.05) is 34.4 Å². The van der Waals surface area contributed by atoms with Crippen LogP contribution in [0.4, 0.5) is 11.8 Å². The highest BCUT2D eigenvalue weighted by Gasteiger charge is 2.30. The molecule has 1 aromatic heterocycles. The van der Waals surface area contributed by atoms with Crippen LogP contribution in [0.1, 0.15) is 33.3 Å². The Morgan fingerprint density at radius 2 is 1.52 bits per heavy atom. The third-order valence-corrected chi connectivity index (χ3v) is 7.90. The van der Waals surface area contributed by atoms with Crippen molar-refractivity contribution in [2.45, 2.75) is 57.2 Å². The Morgan fingerprint density at radius 1 is 0.957 bits per heavy atom. The van der Waals surface area contributed by atoms with Crippen LogP contribution < -0.4 is 9.80 Å². The molecule has 0 saturated carbocycles. The van der Waals surface area contributed by atoms with E-state index in [1.807, 2.05) is 6.20 Å². The number of hydrogen-bond acceptors (Lipinski definition) is 6. The zero-order chi connectivity index (χ0) is 16.6. The zero-order valence-electron chi connectivity index (χ0n) is 14.8. The highest BCUT2D eigenvalue weighted by atomic mass is 32.2. The molecule has 0 spiro atoms. The van der Waals surface area contributed by atoms with Gasteiger partial charge in [0.15, 0.2) is 0 Å². The SMILES string of the molecule is Cc1cnc(N2CCSC(C)C2C)nc1N1CCSC(C)C1C. The molecule has 0 radical (unpaired) electrons. The van der Waals surface area contributed by atoms with Gasteiger partial charge in [-0.05, 0) is 20.8 Å². The summed E-state index contributed by atoms with van der Waals surface area (Å²) in [6.45, 7) is 13.5. The minimum Gasteiger partial charge on any atom is -0.352 e. The predicted molar refractivity (Wildman–Crippen MR) is 104 cm³/mol. The largest absolute Gasteiger partial charge is 0.352 e. The van der Waals surface area contributed by atoms with Crippen LogP contribution in [0.5, 0.6) is 0 Å². The Hall–Kier alpha value is -0.620. The third-order valence-electron chi connectivity index (χ3n) is 5.23. The van der Waals surface area contributed by atoms with Crippen LogP contribution >= 0.6 is 23.5 Å². The first-order valence-electron chi connectivity index (χ1n) is 8.59. The van der Waals surface area contributed by atoms with E-state index >= 15 is 0 Å². The summed E-state index contributed by atoms with van der Waals surface area (Å²) in [5.74, 6) is 4.38. The molecule has 6 heteroatoms. The highest BCUT2D eigenvalue weighted by molar-refractivity contribution is 8.00. The maximum Gasteiger partial charge on any atom is 0.227 e. The monoisotopic (exact) mass is 352 g/mol. The maximum atomic E-state index is 5.01. The van der Waals surface area contributed by atoms with Crippen molar-refractivity contribution in [3.05, 3.63) is 11.8 Å². The van der Waals surface area contributed by atoms with E-state index in [9.17, 15) is 0 Å². The second kappa shape index (κ2) is 7.09. The molecule has 2 fully saturated rings. The summed E-state index contributed by atoms with van der Waals surface area (Å²) in [7, 11) is 0. The van der Waals surface area contributed by atoms with Gasteiger partial charge < -0.3 is 9.80 Å². The average molecular weight is 353 g/mol. The first-order chi connectivity index (χ1) is 11.0. The first kappa shape index (κ1) is 17.2. The number of anilines is 2. The number of aryl methyl sites for hydroxylation is 1. The fraction of sp³-hybridized carbons (Fsp3) is 0.765. The van der Waals surface area contributed by atoms with Crippen molar-refractivity contribution in [1.82, 2.24) is 9.97 Å². The summed E-state index contributed by atoms with van der Waals surface area (Å²) in [6, 6.07) is 1.00. The van der Waals surface area contributed by atoms with Crippen molar-refractivity contribution in [3.8, 4) is 0 Å². The Labute approximate surface area is 148 Å². The van der Waals surface area contributed by atoms with E-state index in [1.54, 1.807) is 0 Å². The Kier molecular flexibility index (Phi) is 5.31. The number of rotatable bonds is 2. The molecule has 4 atom stereocenters. The molecule has 2 aliphatic rings. The van der Waals surface area contributed by atoms with Gasteiger partial charge in [0.2, 0.25) is 5.95 Å². The minimum absolute atomic E-state index is 0.484. The van der Waals surface area contributed by atoms with Crippen LogP contribution in [-0.2, 0) is 0 Å². The summed E-state index contributed by atoms with van der Waals surface area (Å²) >= 11 is 4.12. The molecule has 4 nitrogen and oxygen atoms in total. The average Bonchev–Trinajstić information content (AvgIpc) is 2.54. The van der Waals surface area contributed by atoms with Crippen LogP contribution in [0, 0.1) is 6.92 Å². The highest BCUT2D eigenvalue weighted by Crippen LogP contribution is 2.32. The van der Waals surface area contributed by atoms with Gasteiger partial charge in [-0.3, -0.25) is 0 Å². The molecule has 0 amide bonds. The minimum atomic E-state index is 0.484. The quantitative estimate of drug-likeness (QED) is 0.811. The van der Waals surface area contributed by atoms with E-state index in [2.05, 4.69) is 72.9 Å². The lowest BCUT2D eigenvalue weighted by Gasteiger charge is -2.40. The predicted octanol–water partition coefficient (Wildman–Crippen LogP) is 3.45. The van der Waals surface area contributed by atoms with Gasteiger partial charge in [-0.25, -0.2) is 4.98 Å². The number of thioether (sulfide) groups is 2. The van der Waals surface area contributed by atoms with Gasteiger partial charge in [0.05, 0.1) is 0 Å². The Balaban J connectivity index is 1.90. The van der Waals surface area contributed by atoms with Crippen molar-refractivity contribution in [1.29, 1.82) is 0 Å². The van der Waals surface area contributed by atoms with Crippen LogP contribution in [-0.4, -0.2) is 57.1 Å². The lowest BCUT2D eigenvalue weighted by molar-refractivity contribution is 0.600. The standard InChI is InChI=1S/C17H28N4S2/c1-11-10-18-17(21-7-9-23-15(5)13(21)3)19-16(11)20-6-8-22-14(4)12(20)2/h10,12-15H,6-9H2,1-5H3. The maximum absolute atomic E-state index is 5.01. The molecular weight excluding hydrogens is 324 g/mol. The molecule has 0 aliphatic carbocycles. The zero-order valence-corrected chi connectivity index (χ0v) is 16.5. The first-order valence-corrected chi connectivity index (χ1v) is 10.7. The Bertz CT molecular complexity index is 553. The van der Waals surface area contributed by atoms with E-state index in [-0.39, 0.29) is 0 Å². The topological polar surface area (TPSA) is 32.3 Å². The Morgan fingerprint density at radius 3 is 2.17 bits per heavy atom. The van der Waals surface area contributed by atoms with E-state index in [0.29, 0.717) is 22.6 Å². The summed E-state index contributed by atoms with van der Waals surface area (Å²) in [5, 5.41) is 1.27. The smallest absolute Gasteiger partial charge is 0.227 e. The third kappa shape index (κ3) is 3.43. The molecule has 23 heavy (non-hydrogen) atoms. The molecular formula is C17H28N4S2. The van der Waals surface area contributed by atoms with Gasteiger partial charge in [0.25, 0.3) is 0 Å². The lowest BCUT2D eigenvalue weighted by atomic mass is 10.2. The van der Waals surface area contributed by atoms with E-state index in [4.69, 9.17) is 4.98 Å². The summed E-state index contributed by atoms with van der Waals surface area (Å²) in [5.41, 5.74) is 1.19. The van der Waals surface area contributed by atoms with Gasteiger partial charge in [0, 0.05) is 58.9 Å². The molecule has 1 aromatic rings. The van der Waals surface area contributed by atoms with E-state index in [0.717, 1.165) is 30.6 Å². The van der Waals surface area contributed by atoms with Crippen molar-refractivity contribution < 1.29 is 0 Å². The molecule has 128 valence electrons.